The predicted octanol–water partition coefficient (Wildman–Crippen LogP) is 5.20. The van der Waals surface area contributed by atoms with Crippen LogP contribution in [-0.2, 0) is 16.1 Å². The first kappa shape index (κ1) is 20.4. The van der Waals surface area contributed by atoms with Crippen LogP contribution in [0.5, 0.6) is 0 Å². The number of hydrogen-bond acceptors (Lipinski definition) is 3. The summed E-state index contributed by atoms with van der Waals surface area (Å²) >= 11 is 0. The summed E-state index contributed by atoms with van der Waals surface area (Å²) in [5.41, 5.74) is 4.95. The number of amides is 2. The topological polar surface area (TPSA) is 61.4 Å². The Morgan fingerprint density at radius 3 is 2.32 bits per heavy atom. The third kappa shape index (κ3) is 5.01. The molecule has 2 amide bonds. The van der Waals surface area contributed by atoms with Crippen molar-refractivity contribution in [2.24, 2.45) is 0 Å². The lowest BCUT2D eigenvalue weighted by atomic mass is 9.93. The molecule has 0 aromatic heterocycles. The monoisotopic (exact) mass is 411 g/mol. The van der Waals surface area contributed by atoms with E-state index in [2.05, 4.69) is 10.6 Å². The first-order valence-corrected chi connectivity index (χ1v) is 10.3. The molecule has 0 aliphatic carbocycles. The average molecular weight is 412 g/mol. The summed E-state index contributed by atoms with van der Waals surface area (Å²) < 4.78 is 0. The summed E-state index contributed by atoms with van der Waals surface area (Å²) in [6.45, 7) is 2.22. The van der Waals surface area contributed by atoms with E-state index in [1.54, 1.807) is 11.1 Å². The molecule has 0 spiro atoms. The van der Waals surface area contributed by atoms with Crippen molar-refractivity contribution in [3.05, 3.63) is 102 Å². The lowest BCUT2D eigenvalue weighted by molar-refractivity contribution is -0.129. The molecule has 1 aliphatic heterocycles. The van der Waals surface area contributed by atoms with E-state index >= 15 is 0 Å². The van der Waals surface area contributed by atoms with Gasteiger partial charge in [-0.1, -0.05) is 54.6 Å². The third-order valence-corrected chi connectivity index (χ3v) is 5.36. The number of hydrogen-bond donors (Lipinski definition) is 2. The van der Waals surface area contributed by atoms with Gasteiger partial charge in [-0.25, -0.2) is 0 Å². The number of para-hydroxylation sites is 1. The normalized spacial score (nSPS) is 14.6. The van der Waals surface area contributed by atoms with Crippen LogP contribution in [0.15, 0.2) is 85.1 Å². The Hall–Kier alpha value is -3.86. The molecule has 31 heavy (non-hydrogen) atoms. The molecule has 1 aliphatic rings. The van der Waals surface area contributed by atoms with Crippen LogP contribution >= 0.6 is 0 Å². The van der Waals surface area contributed by atoms with E-state index in [-0.39, 0.29) is 24.3 Å². The smallest absolute Gasteiger partial charge is 0.226 e. The number of carbonyl (C=O) groups is 2. The molecule has 1 heterocycles. The standard InChI is InChI=1S/C26H25N3O2/c1-19(30)29-16-15-21-7-5-6-10-24(21)25(29)17-26(31)28-23-13-11-20(12-14-23)18-27-22-8-3-2-4-9-22/h2-16,25,27H,17-18H2,1H3,(H,28,31)/t25-/m1/s1. The van der Waals surface area contributed by atoms with Crippen LogP contribution in [0.2, 0.25) is 0 Å². The Labute approximate surface area is 182 Å². The molecule has 2 N–H and O–H groups in total. The van der Waals surface area contributed by atoms with Crippen LogP contribution < -0.4 is 10.6 Å². The minimum absolute atomic E-state index is 0.0844. The van der Waals surface area contributed by atoms with E-state index in [0.717, 1.165) is 28.1 Å². The number of benzene rings is 3. The molecule has 0 bridgehead atoms. The molecule has 0 saturated carbocycles. The number of carbonyl (C=O) groups excluding carboxylic acids is 2. The highest BCUT2D eigenvalue weighted by Crippen LogP contribution is 2.33. The van der Waals surface area contributed by atoms with Gasteiger partial charge in [-0.15, -0.1) is 0 Å². The first-order valence-electron chi connectivity index (χ1n) is 10.3. The van der Waals surface area contributed by atoms with Crippen LogP contribution in [-0.4, -0.2) is 16.7 Å². The second-order valence-electron chi connectivity index (χ2n) is 7.56. The maximum absolute atomic E-state index is 12.8. The summed E-state index contributed by atoms with van der Waals surface area (Å²) in [5.74, 6) is -0.213. The summed E-state index contributed by atoms with van der Waals surface area (Å²) in [5, 5.41) is 6.33. The molecule has 0 unspecified atom stereocenters. The van der Waals surface area contributed by atoms with E-state index in [1.807, 2.05) is 84.9 Å². The lowest BCUT2D eigenvalue weighted by Gasteiger charge is -2.32. The van der Waals surface area contributed by atoms with Crippen LogP contribution in [0.25, 0.3) is 6.08 Å². The third-order valence-electron chi connectivity index (χ3n) is 5.36. The minimum atomic E-state index is -0.312. The second-order valence-corrected chi connectivity index (χ2v) is 7.56. The van der Waals surface area contributed by atoms with Crippen molar-refractivity contribution in [3.8, 4) is 0 Å². The number of rotatable bonds is 6. The molecule has 156 valence electrons. The molecular formula is C26H25N3O2. The highest BCUT2D eigenvalue weighted by molar-refractivity contribution is 5.92. The zero-order chi connectivity index (χ0) is 21.6. The Morgan fingerprint density at radius 1 is 0.871 bits per heavy atom. The maximum Gasteiger partial charge on any atom is 0.226 e. The quantitative estimate of drug-likeness (QED) is 0.586. The molecule has 3 aromatic rings. The van der Waals surface area contributed by atoms with Crippen LogP contribution in [0.3, 0.4) is 0 Å². The van der Waals surface area contributed by atoms with E-state index in [4.69, 9.17) is 0 Å². The largest absolute Gasteiger partial charge is 0.381 e. The highest BCUT2D eigenvalue weighted by atomic mass is 16.2. The molecule has 3 aromatic carbocycles. The molecule has 4 rings (SSSR count). The summed E-state index contributed by atoms with van der Waals surface area (Å²) in [6, 6.07) is 25.4. The van der Waals surface area contributed by atoms with Gasteiger partial charge in [0.1, 0.15) is 0 Å². The SMILES string of the molecule is CC(=O)N1C=Cc2ccccc2[C@H]1CC(=O)Nc1ccc(CNc2ccccc2)cc1. The van der Waals surface area contributed by atoms with Crippen molar-refractivity contribution in [1.29, 1.82) is 0 Å². The van der Waals surface area contributed by atoms with Gasteiger partial charge < -0.3 is 15.5 Å². The number of anilines is 2. The Balaban J connectivity index is 1.39. The van der Waals surface area contributed by atoms with Gasteiger partial charge in [-0.2, -0.15) is 0 Å². The van der Waals surface area contributed by atoms with Crippen LogP contribution in [0.4, 0.5) is 11.4 Å². The van der Waals surface area contributed by atoms with Gasteiger partial charge in [-0.05, 0) is 47.0 Å². The molecular weight excluding hydrogens is 386 g/mol. The number of fused-ring (bicyclic) bond motifs is 1. The van der Waals surface area contributed by atoms with Crippen molar-refractivity contribution < 1.29 is 9.59 Å². The summed E-state index contributed by atoms with van der Waals surface area (Å²) in [4.78, 5) is 26.5. The molecule has 0 fully saturated rings. The summed E-state index contributed by atoms with van der Waals surface area (Å²) in [7, 11) is 0. The zero-order valence-electron chi connectivity index (χ0n) is 17.4. The average Bonchev–Trinajstić information content (AvgIpc) is 2.79. The summed E-state index contributed by atoms with van der Waals surface area (Å²) in [6.07, 6.45) is 3.86. The zero-order valence-corrected chi connectivity index (χ0v) is 17.4. The Morgan fingerprint density at radius 2 is 1.58 bits per heavy atom. The predicted molar refractivity (Wildman–Crippen MR) is 124 cm³/mol. The van der Waals surface area contributed by atoms with Crippen LogP contribution in [0.1, 0.15) is 36.1 Å². The van der Waals surface area contributed by atoms with Crippen molar-refractivity contribution in [2.75, 3.05) is 10.6 Å². The van der Waals surface area contributed by atoms with Crippen molar-refractivity contribution in [1.82, 2.24) is 4.90 Å². The van der Waals surface area contributed by atoms with Gasteiger partial charge in [0.15, 0.2) is 0 Å². The molecule has 1 atom stereocenters. The number of nitrogens with one attached hydrogen (secondary N) is 2. The van der Waals surface area contributed by atoms with Crippen LogP contribution in [0, 0.1) is 0 Å². The fourth-order valence-electron chi connectivity index (χ4n) is 3.77. The van der Waals surface area contributed by atoms with Crippen molar-refractivity contribution in [2.45, 2.75) is 25.9 Å². The van der Waals surface area contributed by atoms with Gasteiger partial charge in [0.2, 0.25) is 11.8 Å². The van der Waals surface area contributed by atoms with E-state index in [1.165, 1.54) is 6.92 Å². The molecule has 5 nitrogen and oxygen atoms in total. The Kier molecular flexibility index (Phi) is 6.13. The Bertz CT molecular complexity index is 1090. The van der Waals surface area contributed by atoms with Crippen molar-refractivity contribution >= 4 is 29.3 Å². The van der Waals surface area contributed by atoms with Gasteiger partial charge in [-0.3, -0.25) is 9.59 Å². The molecule has 0 saturated heterocycles. The molecule has 0 radical (unpaired) electrons. The van der Waals surface area contributed by atoms with Gasteiger partial charge in [0, 0.05) is 31.0 Å². The van der Waals surface area contributed by atoms with Crippen molar-refractivity contribution in [3.63, 3.8) is 0 Å². The first-order chi connectivity index (χ1) is 15.1. The van der Waals surface area contributed by atoms with E-state index in [0.29, 0.717) is 6.54 Å². The lowest BCUT2D eigenvalue weighted by Crippen LogP contribution is -2.33. The second kappa shape index (κ2) is 9.30. The van der Waals surface area contributed by atoms with E-state index < -0.39 is 0 Å². The van der Waals surface area contributed by atoms with E-state index in [9.17, 15) is 9.59 Å². The number of nitrogens with zero attached hydrogens (tertiary/aromatic N) is 1. The fraction of sp³-hybridized carbons (Fsp3) is 0.154. The molecule has 5 heteroatoms. The van der Waals surface area contributed by atoms with Gasteiger partial charge >= 0.3 is 0 Å². The fourth-order valence-corrected chi connectivity index (χ4v) is 3.77. The van der Waals surface area contributed by atoms with Gasteiger partial charge in [0.25, 0.3) is 0 Å². The highest BCUT2D eigenvalue weighted by Gasteiger charge is 2.28. The maximum atomic E-state index is 12.8. The minimum Gasteiger partial charge on any atom is -0.381 e. The van der Waals surface area contributed by atoms with Gasteiger partial charge in [0.05, 0.1) is 12.5 Å².